The Balaban J connectivity index is 1.94. The molecule has 2 aromatic rings. The molecule has 3 rings (SSSR count). The first-order valence-corrected chi connectivity index (χ1v) is 7.59. The summed E-state index contributed by atoms with van der Waals surface area (Å²) in [5.74, 6) is 1.99. The predicted molar refractivity (Wildman–Crippen MR) is 89.3 cm³/mol. The number of hydrogen-bond donors (Lipinski definition) is 1. The van der Waals surface area contributed by atoms with Gasteiger partial charge < -0.3 is 19.3 Å². The average Bonchev–Trinajstić information content (AvgIpc) is 2.55. The summed E-state index contributed by atoms with van der Waals surface area (Å²) in [6.07, 6.45) is 3.58. The van der Waals surface area contributed by atoms with Gasteiger partial charge in [-0.25, -0.2) is 0 Å². The zero-order chi connectivity index (χ0) is 16.4. The minimum absolute atomic E-state index is 0.108. The second-order valence-electron chi connectivity index (χ2n) is 5.50. The van der Waals surface area contributed by atoms with Gasteiger partial charge in [0.1, 0.15) is 6.10 Å². The normalized spacial score (nSPS) is 19.8. The lowest BCUT2D eigenvalue weighted by Crippen LogP contribution is -2.30. The lowest BCUT2D eigenvalue weighted by Gasteiger charge is -2.32. The predicted octanol–water partition coefficient (Wildman–Crippen LogP) is 4.33. The largest absolute Gasteiger partial charge is 0.504 e. The van der Waals surface area contributed by atoms with Crippen LogP contribution in [0.25, 0.3) is 6.08 Å². The van der Waals surface area contributed by atoms with Crippen LogP contribution in [-0.2, 0) is 0 Å². The molecule has 4 heteroatoms. The van der Waals surface area contributed by atoms with E-state index in [-0.39, 0.29) is 18.0 Å². The molecule has 2 atom stereocenters. The van der Waals surface area contributed by atoms with Gasteiger partial charge in [0.15, 0.2) is 29.1 Å². The highest BCUT2D eigenvalue weighted by Crippen LogP contribution is 2.41. The SMILES string of the molecule is CC=Cc1ccc2c(c1)OC(c1ccc(O)c(OC)c1)C(C)O2. The van der Waals surface area contributed by atoms with Crippen LogP contribution >= 0.6 is 0 Å². The van der Waals surface area contributed by atoms with E-state index in [1.54, 1.807) is 12.1 Å². The third-order valence-corrected chi connectivity index (χ3v) is 3.85. The van der Waals surface area contributed by atoms with Crippen molar-refractivity contribution in [1.29, 1.82) is 0 Å². The number of fused-ring (bicyclic) bond motifs is 1. The van der Waals surface area contributed by atoms with Crippen LogP contribution in [0, 0.1) is 0 Å². The van der Waals surface area contributed by atoms with Crippen LogP contribution in [-0.4, -0.2) is 18.3 Å². The first-order valence-electron chi connectivity index (χ1n) is 7.59. The number of allylic oxidation sites excluding steroid dienone is 1. The minimum Gasteiger partial charge on any atom is -0.504 e. The van der Waals surface area contributed by atoms with Crippen molar-refractivity contribution in [3.63, 3.8) is 0 Å². The molecule has 0 spiro atoms. The van der Waals surface area contributed by atoms with E-state index >= 15 is 0 Å². The molecule has 4 nitrogen and oxygen atoms in total. The molecule has 1 N–H and O–H groups in total. The van der Waals surface area contributed by atoms with Crippen LogP contribution in [0.1, 0.15) is 31.1 Å². The average molecular weight is 312 g/mol. The quantitative estimate of drug-likeness (QED) is 0.916. The number of benzene rings is 2. The second kappa shape index (κ2) is 6.24. The summed E-state index contributed by atoms with van der Waals surface area (Å²) in [7, 11) is 1.53. The smallest absolute Gasteiger partial charge is 0.162 e. The van der Waals surface area contributed by atoms with Gasteiger partial charge in [-0.2, -0.15) is 0 Å². The molecule has 23 heavy (non-hydrogen) atoms. The molecule has 2 unspecified atom stereocenters. The van der Waals surface area contributed by atoms with Gasteiger partial charge in [-0.05, 0) is 43.7 Å². The van der Waals surface area contributed by atoms with Crippen molar-refractivity contribution in [2.75, 3.05) is 7.11 Å². The fourth-order valence-corrected chi connectivity index (χ4v) is 2.72. The van der Waals surface area contributed by atoms with Crippen molar-refractivity contribution in [1.82, 2.24) is 0 Å². The van der Waals surface area contributed by atoms with Crippen molar-refractivity contribution < 1.29 is 19.3 Å². The van der Waals surface area contributed by atoms with E-state index in [0.717, 1.165) is 22.6 Å². The van der Waals surface area contributed by atoms with E-state index in [2.05, 4.69) is 0 Å². The van der Waals surface area contributed by atoms with E-state index in [0.29, 0.717) is 5.75 Å². The van der Waals surface area contributed by atoms with Gasteiger partial charge in [0, 0.05) is 5.56 Å². The Labute approximate surface area is 135 Å². The molecule has 0 aromatic heterocycles. The van der Waals surface area contributed by atoms with Crippen molar-refractivity contribution in [3.05, 3.63) is 53.6 Å². The maximum absolute atomic E-state index is 9.75. The molecule has 1 heterocycles. The fraction of sp³-hybridized carbons (Fsp3) is 0.263. The molecule has 0 saturated carbocycles. The summed E-state index contributed by atoms with van der Waals surface area (Å²) in [4.78, 5) is 0. The van der Waals surface area contributed by atoms with Gasteiger partial charge in [-0.3, -0.25) is 0 Å². The number of methoxy groups -OCH3 is 1. The number of ether oxygens (including phenoxy) is 3. The Morgan fingerprint density at radius 1 is 1.09 bits per heavy atom. The molecule has 0 radical (unpaired) electrons. The van der Waals surface area contributed by atoms with Crippen molar-refractivity contribution in [2.24, 2.45) is 0 Å². The topological polar surface area (TPSA) is 47.9 Å². The molecule has 0 saturated heterocycles. The van der Waals surface area contributed by atoms with E-state index in [9.17, 15) is 5.11 Å². The van der Waals surface area contributed by atoms with Crippen LogP contribution < -0.4 is 14.2 Å². The van der Waals surface area contributed by atoms with E-state index in [4.69, 9.17) is 14.2 Å². The lowest BCUT2D eigenvalue weighted by molar-refractivity contribution is 0.0305. The number of aromatic hydroxyl groups is 1. The third-order valence-electron chi connectivity index (χ3n) is 3.85. The molecule has 1 aliphatic rings. The maximum Gasteiger partial charge on any atom is 0.162 e. The third kappa shape index (κ3) is 2.97. The molecular weight excluding hydrogens is 292 g/mol. The molecule has 1 aliphatic heterocycles. The van der Waals surface area contributed by atoms with Crippen molar-refractivity contribution in [2.45, 2.75) is 26.1 Å². The fourth-order valence-electron chi connectivity index (χ4n) is 2.72. The summed E-state index contributed by atoms with van der Waals surface area (Å²) in [5, 5.41) is 9.75. The first-order chi connectivity index (χ1) is 11.1. The Morgan fingerprint density at radius 2 is 1.91 bits per heavy atom. The zero-order valence-electron chi connectivity index (χ0n) is 13.4. The maximum atomic E-state index is 9.75. The number of phenols is 1. The monoisotopic (exact) mass is 312 g/mol. The molecule has 0 fully saturated rings. The highest BCUT2D eigenvalue weighted by molar-refractivity contribution is 5.56. The zero-order valence-corrected chi connectivity index (χ0v) is 13.4. The van der Waals surface area contributed by atoms with E-state index < -0.39 is 0 Å². The van der Waals surface area contributed by atoms with Gasteiger partial charge in [-0.15, -0.1) is 0 Å². The van der Waals surface area contributed by atoms with Gasteiger partial charge in [0.05, 0.1) is 7.11 Å². The van der Waals surface area contributed by atoms with Crippen molar-refractivity contribution in [3.8, 4) is 23.0 Å². The molecule has 2 aromatic carbocycles. The summed E-state index contributed by atoms with van der Waals surface area (Å²) in [6, 6.07) is 11.1. The number of phenolic OH excluding ortho intramolecular Hbond substituents is 1. The van der Waals surface area contributed by atoms with Gasteiger partial charge in [0.25, 0.3) is 0 Å². The summed E-state index contributed by atoms with van der Waals surface area (Å²) < 4.78 is 17.3. The Hall–Kier alpha value is -2.62. The molecule has 0 aliphatic carbocycles. The highest BCUT2D eigenvalue weighted by atomic mass is 16.6. The summed E-state index contributed by atoms with van der Waals surface area (Å²) in [5.41, 5.74) is 1.96. The van der Waals surface area contributed by atoms with Gasteiger partial charge >= 0.3 is 0 Å². The summed E-state index contributed by atoms with van der Waals surface area (Å²) >= 11 is 0. The Morgan fingerprint density at radius 3 is 2.65 bits per heavy atom. The van der Waals surface area contributed by atoms with Crippen molar-refractivity contribution >= 4 is 6.08 Å². The van der Waals surface area contributed by atoms with Crippen LogP contribution in [0.4, 0.5) is 0 Å². The van der Waals surface area contributed by atoms with Gasteiger partial charge in [0.2, 0.25) is 0 Å². The lowest BCUT2D eigenvalue weighted by atomic mass is 10.0. The van der Waals surface area contributed by atoms with Gasteiger partial charge in [-0.1, -0.05) is 24.3 Å². The highest BCUT2D eigenvalue weighted by Gasteiger charge is 2.30. The molecular formula is C19H20O4. The molecule has 120 valence electrons. The Bertz CT molecular complexity index is 736. The number of rotatable bonds is 3. The standard InChI is InChI=1S/C19H20O4/c1-4-5-13-6-9-16-18(10-13)23-19(12(2)22-16)14-7-8-15(20)17(11-14)21-3/h4-12,19-20H,1-3H3. The van der Waals surface area contributed by atoms with Crippen LogP contribution in [0.5, 0.6) is 23.0 Å². The van der Waals surface area contributed by atoms with Crippen LogP contribution in [0.3, 0.4) is 0 Å². The Kier molecular flexibility index (Phi) is 4.15. The second-order valence-corrected chi connectivity index (χ2v) is 5.50. The van der Waals surface area contributed by atoms with E-state index in [1.165, 1.54) is 7.11 Å². The van der Waals surface area contributed by atoms with Crippen LogP contribution in [0.2, 0.25) is 0 Å². The van der Waals surface area contributed by atoms with Crippen LogP contribution in [0.15, 0.2) is 42.5 Å². The molecule has 0 bridgehead atoms. The number of hydrogen-bond acceptors (Lipinski definition) is 4. The summed E-state index contributed by atoms with van der Waals surface area (Å²) in [6.45, 7) is 3.94. The molecule has 0 amide bonds. The first kappa shape index (κ1) is 15.3. The minimum atomic E-state index is -0.266. The van der Waals surface area contributed by atoms with E-state index in [1.807, 2.05) is 50.3 Å².